The van der Waals surface area contributed by atoms with Crippen LogP contribution in [0.25, 0.3) is 0 Å². The highest BCUT2D eigenvalue weighted by molar-refractivity contribution is 5.30. The Labute approximate surface area is 129 Å². The predicted octanol–water partition coefficient (Wildman–Crippen LogP) is 3.06. The van der Waals surface area contributed by atoms with Gasteiger partial charge < -0.3 is 10.1 Å². The predicted molar refractivity (Wildman–Crippen MR) is 88.8 cm³/mol. The van der Waals surface area contributed by atoms with Gasteiger partial charge in [-0.3, -0.25) is 4.90 Å². The molecule has 1 fully saturated rings. The van der Waals surface area contributed by atoms with Crippen molar-refractivity contribution >= 4 is 0 Å². The second-order valence-electron chi connectivity index (χ2n) is 6.38. The smallest absolute Gasteiger partial charge is 0.0589 e. The Balaban J connectivity index is 2.09. The first-order chi connectivity index (χ1) is 10.1. The summed E-state index contributed by atoms with van der Waals surface area (Å²) >= 11 is 0. The highest BCUT2D eigenvalue weighted by Crippen LogP contribution is 2.23. The molecule has 0 bridgehead atoms. The Kier molecular flexibility index (Phi) is 6.22. The van der Waals surface area contributed by atoms with Gasteiger partial charge >= 0.3 is 0 Å². The third kappa shape index (κ3) is 4.80. The molecule has 1 aromatic carbocycles. The van der Waals surface area contributed by atoms with E-state index in [4.69, 9.17) is 4.74 Å². The fourth-order valence-corrected chi connectivity index (χ4v) is 3.31. The van der Waals surface area contributed by atoms with Crippen LogP contribution in [0.4, 0.5) is 0 Å². The van der Waals surface area contributed by atoms with Crippen molar-refractivity contribution in [3.05, 3.63) is 34.9 Å². The molecule has 3 heteroatoms. The molecule has 0 amide bonds. The Hall–Kier alpha value is -0.900. The average Bonchev–Trinajstić information content (AvgIpc) is 2.94. The minimum absolute atomic E-state index is 0.432. The topological polar surface area (TPSA) is 24.5 Å². The first kappa shape index (κ1) is 16.5. The lowest BCUT2D eigenvalue weighted by Gasteiger charge is -2.32. The summed E-state index contributed by atoms with van der Waals surface area (Å²) in [5, 5.41) is 3.61. The molecule has 1 aromatic rings. The van der Waals surface area contributed by atoms with Crippen molar-refractivity contribution in [3.63, 3.8) is 0 Å². The normalized spacial score (nSPS) is 20.1. The summed E-state index contributed by atoms with van der Waals surface area (Å²) in [4.78, 5) is 2.56. The number of benzene rings is 1. The molecule has 0 aliphatic carbocycles. The number of aryl methyl sites for hydroxylation is 2. The van der Waals surface area contributed by atoms with Gasteiger partial charge in [0.2, 0.25) is 0 Å². The lowest BCUT2D eigenvalue weighted by molar-refractivity contribution is 0.118. The summed E-state index contributed by atoms with van der Waals surface area (Å²) in [5.41, 5.74) is 4.12. The maximum Gasteiger partial charge on any atom is 0.0589 e. The number of hydrogen-bond donors (Lipinski definition) is 1. The van der Waals surface area contributed by atoms with Crippen molar-refractivity contribution in [2.24, 2.45) is 0 Å². The standard InChI is InChI=1S/C18H30N2O/c1-14-10-15(2)12-17(11-14)16(3)20(8-9-21-4)13-18-6-5-7-19-18/h10-12,16,18-19H,5-9,13H2,1-4H3. The van der Waals surface area contributed by atoms with Crippen LogP contribution in [0.2, 0.25) is 0 Å². The molecule has 1 heterocycles. The van der Waals surface area contributed by atoms with Crippen molar-refractivity contribution in [3.8, 4) is 0 Å². The number of nitrogens with zero attached hydrogens (tertiary/aromatic N) is 1. The molecule has 1 N–H and O–H groups in total. The van der Waals surface area contributed by atoms with Crippen LogP contribution in [0, 0.1) is 13.8 Å². The molecular weight excluding hydrogens is 260 g/mol. The van der Waals surface area contributed by atoms with Gasteiger partial charge in [0.25, 0.3) is 0 Å². The zero-order valence-corrected chi connectivity index (χ0v) is 14.0. The van der Waals surface area contributed by atoms with E-state index in [9.17, 15) is 0 Å². The fraction of sp³-hybridized carbons (Fsp3) is 0.667. The van der Waals surface area contributed by atoms with Crippen molar-refractivity contribution in [2.75, 3.05) is 33.4 Å². The SMILES string of the molecule is COCCN(CC1CCCN1)C(C)c1cc(C)cc(C)c1. The molecule has 2 unspecified atom stereocenters. The molecule has 0 aromatic heterocycles. The molecule has 118 valence electrons. The van der Waals surface area contributed by atoms with Gasteiger partial charge in [0.15, 0.2) is 0 Å². The number of nitrogens with one attached hydrogen (secondary N) is 1. The monoisotopic (exact) mass is 290 g/mol. The molecule has 2 rings (SSSR count). The third-order valence-electron chi connectivity index (χ3n) is 4.47. The van der Waals surface area contributed by atoms with Crippen LogP contribution in [-0.4, -0.2) is 44.3 Å². The van der Waals surface area contributed by atoms with E-state index in [1.165, 1.54) is 36.1 Å². The van der Waals surface area contributed by atoms with Crippen LogP contribution in [0.5, 0.6) is 0 Å². The molecule has 3 nitrogen and oxygen atoms in total. The first-order valence-corrected chi connectivity index (χ1v) is 8.14. The van der Waals surface area contributed by atoms with Crippen LogP contribution in [0.3, 0.4) is 0 Å². The minimum atomic E-state index is 0.432. The number of methoxy groups -OCH3 is 1. The Morgan fingerprint density at radius 3 is 2.57 bits per heavy atom. The Morgan fingerprint density at radius 2 is 2.00 bits per heavy atom. The fourth-order valence-electron chi connectivity index (χ4n) is 3.31. The first-order valence-electron chi connectivity index (χ1n) is 8.14. The largest absolute Gasteiger partial charge is 0.383 e. The van der Waals surface area contributed by atoms with Crippen LogP contribution >= 0.6 is 0 Å². The second-order valence-corrected chi connectivity index (χ2v) is 6.38. The van der Waals surface area contributed by atoms with E-state index in [1.807, 2.05) is 0 Å². The van der Waals surface area contributed by atoms with Gasteiger partial charge in [0, 0.05) is 32.3 Å². The summed E-state index contributed by atoms with van der Waals surface area (Å²) in [5.74, 6) is 0. The van der Waals surface area contributed by atoms with Crippen molar-refractivity contribution in [1.82, 2.24) is 10.2 Å². The van der Waals surface area contributed by atoms with Gasteiger partial charge in [-0.05, 0) is 45.7 Å². The van der Waals surface area contributed by atoms with Gasteiger partial charge in [-0.2, -0.15) is 0 Å². The number of ether oxygens (including phenoxy) is 1. The zero-order chi connectivity index (χ0) is 15.2. The van der Waals surface area contributed by atoms with Gasteiger partial charge in [-0.25, -0.2) is 0 Å². The van der Waals surface area contributed by atoms with E-state index in [1.54, 1.807) is 7.11 Å². The van der Waals surface area contributed by atoms with Crippen molar-refractivity contribution < 1.29 is 4.74 Å². The molecule has 0 saturated carbocycles. The molecule has 1 aliphatic rings. The lowest BCUT2D eigenvalue weighted by atomic mass is 10.0. The molecule has 21 heavy (non-hydrogen) atoms. The van der Waals surface area contributed by atoms with Crippen LogP contribution in [-0.2, 0) is 4.74 Å². The van der Waals surface area contributed by atoms with E-state index >= 15 is 0 Å². The highest BCUT2D eigenvalue weighted by atomic mass is 16.5. The van der Waals surface area contributed by atoms with Gasteiger partial charge in [0.05, 0.1) is 6.61 Å². The Bertz CT molecular complexity index is 421. The minimum Gasteiger partial charge on any atom is -0.383 e. The van der Waals surface area contributed by atoms with Gasteiger partial charge in [0.1, 0.15) is 0 Å². The maximum absolute atomic E-state index is 5.31. The van der Waals surface area contributed by atoms with Gasteiger partial charge in [-0.1, -0.05) is 29.3 Å². The Morgan fingerprint density at radius 1 is 1.29 bits per heavy atom. The van der Waals surface area contributed by atoms with Crippen LogP contribution in [0.15, 0.2) is 18.2 Å². The van der Waals surface area contributed by atoms with Gasteiger partial charge in [-0.15, -0.1) is 0 Å². The zero-order valence-electron chi connectivity index (χ0n) is 14.0. The summed E-state index contributed by atoms with van der Waals surface area (Å²) < 4.78 is 5.31. The summed E-state index contributed by atoms with van der Waals surface area (Å²) in [7, 11) is 1.79. The average molecular weight is 290 g/mol. The van der Waals surface area contributed by atoms with Crippen LogP contribution in [0.1, 0.15) is 42.5 Å². The summed E-state index contributed by atoms with van der Waals surface area (Å²) in [6, 6.07) is 7.95. The molecule has 1 aliphatic heterocycles. The van der Waals surface area contributed by atoms with Crippen LogP contribution < -0.4 is 5.32 Å². The van der Waals surface area contributed by atoms with E-state index in [0.29, 0.717) is 12.1 Å². The van der Waals surface area contributed by atoms with Crippen molar-refractivity contribution in [2.45, 2.75) is 45.7 Å². The van der Waals surface area contributed by atoms with E-state index in [2.05, 4.69) is 49.2 Å². The van der Waals surface area contributed by atoms with E-state index in [-0.39, 0.29) is 0 Å². The molecule has 0 radical (unpaired) electrons. The van der Waals surface area contributed by atoms with Crippen molar-refractivity contribution in [1.29, 1.82) is 0 Å². The second kappa shape index (κ2) is 7.92. The molecule has 1 saturated heterocycles. The highest BCUT2D eigenvalue weighted by Gasteiger charge is 2.22. The maximum atomic E-state index is 5.31. The third-order valence-corrected chi connectivity index (χ3v) is 4.47. The number of rotatable bonds is 7. The van der Waals surface area contributed by atoms with E-state index < -0.39 is 0 Å². The molecule has 0 spiro atoms. The summed E-state index contributed by atoms with van der Waals surface area (Å²) in [6.07, 6.45) is 2.60. The summed E-state index contributed by atoms with van der Waals surface area (Å²) in [6.45, 7) is 10.7. The quantitative estimate of drug-likeness (QED) is 0.835. The number of hydrogen-bond acceptors (Lipinski definition) is 3. The lowest BCUT2D eigenvalue weighted by Crippen LogP contribution is -2.40. The van der Waals surface area contributed by atoms with E-state index in [0.717, 1.165) is 19.7 Å². The molecule has 2 atom stereocenters. The molecular formula is C18H30N2O.